The van der Waals surface area contributed by atoms with Crippen LogP contribution in [0.4, 0.5) is 5.69 Å². The number of rotatable bonds is 5. The molecule has 0 saturated heterocycles. The Morgan fingerprint density at radius 1 is 1.20 bits per heavy atom. The van der Waals surface area contributed by atoms with Crippen LogP contribution in [0.2, 0.25) is 0 Å². The molecule has 2 aromatic heterocycles. The SMILES string of the molecule is O=C(Nc1ccccc1Cc1nc(-c2cccnc2)no1)C1CCC1. The van der Waals surface area contributed by atoms with Crippen molar-refractivity contribution in [3.8, 4) is 11.4 Å². The Balaban J connectivity index is 1.51. The third kappa shape index (κ3) is 3.42. The van der Waals surface area contributed by atoms with Crippen LogP contribution in [-0.4, -0.2) is 21.0 Å². The molecular weight excluding hydrogens is 316 g/mol. The first-order chi connectivity index (χ1) is 12.3. The molecule has 0 radical (unpaired) electrons. The first-order valence-corrected chi connectivity index (χ1v) is 8.41. The lowest BCUT2D eigenvalue weighted by atomic mass is 9.84. The van der Waals surface area contributed by atoms with Gasteiger partial charge in [0.1, 0.15) is 0 Å². The molecule has 4 rings (SSSR count). The summed E-state index contributed by atoms with van der Waals surface area (Å²) >= 11 is 0. The molecule has 3 aromatic rings. The van der Waals surface area contributed by atoms with Gasteiger partial charge in [-0.2, -0.15) is 4.98 Å². The van der Waals surface area contributed by atoms with Crippen LogP contribution in [0.3, 0.4) is 0 Å². The predicted octanol–water partition coefficient (Wildman–Crippen LogP) is 3.46. The summed E-state index contributed by atoms with van der Waals surface area (Å²) < 4.78 is 5.36. The number of amides is 1. The van der Waals surface area contributed by atoms with Crippen LogP contribution < -0.4 is 5.32 Å². The van der Waals surface area contributed by atoms with E-state index in [1.165, 1.54) is 0 Å². The van der Waals surface area contributed by atoms with Gasteiger partial charge in [0, 0.05) is 29.6 Å². The summed E-state index contributed by atoms with van der Waals surface area (Å²) in [6, 6.07) is 11.4. The Hall–Kier alpha value is -3.02. The van der Waals surface area contributed by atoms with Gasteiger partial charge in [0.25, 0.3) is 0 Å². The number of nitrogens with one attached hydrogen (secondary N) is 1. The molecule has 126 valence electrons. The van der Waals surface area contributed by atoms with E-state index in [1.807, 2.05) is 36.4 Å². The summed E-state index contributed by atoms with van der Waals surface area (Å²) in [5.74, 6) is 1.26. The smallest absolute Gasteiger partial charge is 0.231 e. The van der Waals surface area contributed by atoms with Gasteiger partial charge in [-0.3, -0.25) is 9.78 Å². The molecule has 0 bridgehead atoms. The number of benzene rings is 1. The van der Waals surface area contributed by atoms with Gasteiger partial charge < -0.3 is 9.84 Å². The summed E-state index contributed by atoms with van der Waals surface area (Å²) in [7, 11) is 0. The van der Waals surface area contributed by atoms with Crippen molar-refractivity contribution in [3.63, 3.8) is 0 Å². The molecule has 0 unspecified atom stereocenters. The molecule has 0 spiro atoms. The second-order valence-electron chi connectivity index (χ2n) is 6.20. The first-order valence-electron chi connectivity index (χ1n) is 8.41. The molecule has 1 fully saturated rings. The Bertz CT molecular complexity index is 872. The van der Waals surface area contributed by atoms with Gasteiger partial charge >= 0.3 is 0 Å². The number of aromatic nitrogens is 3. The van der Waals surface area contributed by atoms with Crippen LogP contribution >= 0.6 is 0 Å². The number of hydrogen-bond acceptors (Lipinski definition) is 5. The van der Waals surface area contributed by atoms with Gasteiger partial charge in [0.05, 0.1) is 6.42 Å². The maximum Gasteiger partial charge on any atom is 0.231 e. The minimum Gasteiger partial charge on any atom is -0.339 e. The summed E-state index contributed by atoms with van der Waals surface area (Å²) in [6.07, 6.45) is 6.96. The Morgan fingerprint density at radius 3 is 2.84 bits per heavy atom. The number of anilines is 1. The molecule has 0 aliphatic heterocycles. The highest BCUT2D eigenvalue weighted by atomic mass is 16.5. The molecule has 25 heavy (non-hydrogen) atoms. The lowest BCUT2D eigenvalue weighted by Crippen LogP contribution is -2.28. The molecule has 1 aliphatic carbocycles. The van der Waals surface area contributed by atoms with E-state index in [2.05, 4.69) is 20.4 Å². The van der Waals surface area contributed by atoms with E-state index < -0.39 is 0 Å². The summed E-state index contributed by atoms with van der Waals surface area (Å²) in [5.41, 5.74) is 2.57. The van der Waals surface area contributed by atoms with Crippen LogP contribution in [0, 0.1) is 5.92 Å². The van der Waals surface area contributed by atoms with Crippen molar-refractivity contribution in [2.75, 3.05) is 5.32 Å². The zero-order chi connectivity index (χ0) is 17.1. The van der Waals surface area contributed by atoms with E-state index in [0.717, 1.165) is 36.1 Å². The number of nitrogens with zero attached hydrogens (tertiary/aromatic N) is 3. The largest absolute Gasteiger partial charge is 0.339 e. The van der Waals surface area contributed by atoms with Crippen molar-refractivity contribution < 1.29 is 9.32 Å². The van der Waals surface area contributed by atoms with Gasteiger partial charge in [-0.25, -0.2) is 0 Å². The zero-order valence-electron chi connectivity index (χ0n) is 13.7. The predicted molar refractivity (Wildman–Crippen MR) is 92.7 cm³/mol. The van der Waals surface area contributed by atoms with Crippen LogP contribution in [0.25, 0.3) is 11.4 Å². The van der Waals surface area contributed by atoms with E-state index in [0.29, 0.717) is 18.1 Å². The standard InChI is InChI=1S/C19H18N4O2/c24-19(13-6-3-7-13)21-16-9-2-1-5-14(16)11-17-22-18(23-25-17)15-8-4-10-20-12-15/h1-2,4-5,8-10,12-13H,3,6-7,11H2,(H,21,24). The molecule has 2 heterocycles. The monoisotopic (exact) mass is 334 g/mol. The van der Waals surface area contributed by atoms with Crippen LogP contribution in [-0.2, 0) is 11.2 Å². The Morgan fingerprint density at radius 2 is 2.08 bits per heavy atom. The van der Waals surface area contributed by atoms with Crippen LogP contribution in [0.1, 0.15) is 30.7 Å². The summed E-state index contributed by atoms with van der Waals surface area (Å²) in [4.78, 5) is 20.7. The van der Waals surface area contributed by atoms with Crippen molar-refractivity contribution in [3.05, 3.63) is 60.2 Å². The number of carbonyl (C=O) groups excluding carboxylic acids is 1. The fourth-order valence-corrected chi connectivity index (χ4v) is 2.80. The highest BCUT2D eigenvalue weighted by Crippen LogP contribution is 2.28. The normalized spacial score (nSPS) is 14.1. The Kier molecular flexibility index (Phi) is 4.24. The number of para-hydroxylation sites is 1. The molecule has 1 amide bonds. The van der Waals surface area contributed by atoms with Crippen molar-refractivity contribution in [1.29, 1.82) is 0 Å². The molecule has 1 aromatic carbocycles. The van der Waals surface area contributed by atoms with Crippen LogP contribution in [0.5, 0.6) is 0 Å². The molecule has 6 heteroatoms. The minimum absolute atomic E-state index is 0.0975. The third-order valence-corrected chi connectivity index (χ3v) is 4.48. The molecule has 1 aliphatic rings. The van der Waals surface area contributed by atoms with E-state index >= 15 is 0 Å². The molecule has 0 atom stereocenters. The second kappa shape index (κ2) is 6.84. The molecule has 1 N–H and O–H groups in total. The molecular formula is C19H18N4O2. The quantitative estimate of drug-likeness (QED) is 0.773. The van der Waals surface area contributed by atoms with Crippen molar-refractivity contribution >= 4 is 11.6 Å². The van der Waals surface area contributed by atoms with Gasteiger partial charge in [-0.15, -0.1) is 0 Å². The fourth-order valence-electron chi connectivity index (χ4n) is 2.80. The minimum atomic E-state index is 0.0975. The van der Waals surface area contributed by atoms with Crippen molar-refractivity contribution in [1.82, 2.24) is 15.1 Å². The van der Waals surface area contributed by atoms with Gasteiger partial charge in [0.15, 0.2) is 0 Å². The number of pyridine rings is 1. The van der Waals surface area contributed by atoms with E-state index in [-0.39, 0.29) is 11.8 Å². The maximum atomic E-state index is 12.2. The van der Waals surface area contributed by atoms with Gasteiger partial charge in [-0.1, -0.05) is 29.8 Å². The fraction of sp³-hybridized carbons (Fsp3) is 0.263. The summed E-state index contributed by atoms with van der Waals surface area (Å²) in [5, 5.41) is 7.04. The number of hydrogen-bond donors (Lipinski definition) is 1. The lowest BCUT2D eigenvalue weighted by molar-refractivity contribution is -0.122. The van der Waals surface area contributed by atoms with Crippen molar-refractivity contribution in [2.45, 2.75) is 25.7 Å². The first kappa shape index (κ1) is 15.5. The van der Waals surface area contributed by atoms with E-state index in [1.54, 1.807) is 12.4 Å². The average Bonchev–Trinajstić information content (AvgIpc) is 3.04. The molecule has 6 nitrogen and oxygen atoms in total. The molecule has 1 saturated carbocycles. The second-order valence-corrected chi connectivity index (χ2v) is 6.20. The zero-order valence-corrected chi connectivity index (χ0v) is 13.7. The highest BCUT2D eigenvalue weighted by molar-refractivity contribution is 5.93. The van der Waals surface area contributed by atoms with Gasteiger partial charge in [0.2, 0.25) is 17.6 Å². The van der Waals surface area contributed by atoms with Crippen LogP contribution in [0.15, 0.2) is 53.3 Å². The third-order valence-electron chi connectivity index (χ3n) is 4.48. The lowest BCUT2D eigenvalue weighted by Gasteiger charge is -2.24. The topological polar surface area (TPSA) is 80.9 Å². The highest BCUT2D eigenvalue weighted by Gasteiger charge is 2.25. The summed E-state index contributed by atoms with van der Waals surface area (Å²) in [6.45, 7) is 0. The van der Waals surface area contributed by atoms with Crippen molar-refractivity contribution in [2.24, 2.45) is 5.92 Å². The number of carbonyl (C=O) groups is 1. The maximum absolute atomic E-state index is 12.2. The average molecular weight is 334 g/mol. The van der Waals surface area contributed by atoms with E-state index in [4.69, 9.17) is 4.52 Å². The van der Waals surface area contributed by atoms with Gasteiger partial charge in [-0.05, 0) is 36.6 Å². The Labute approximate surface area is 145 Å². The van der Waals surface area contributed by atoms with E-state index in [9.17, 15) is 4.79 Å².